The molecule has 2 rings (SSSR count). The normalized spacial score (nSPS) is 22.3. The summed E-state index contributed by atoms with van der Waals surface area (Å²) in [5.74, 6) is 0.363. The standard InChI is InChI=1S/C14H26N4O2S/c1-4-15-12(3)13-7-6-8-18(9-13)21(19,20)14-10-17(5-2)11-16-14/h10-13,15H,4-9H2,1-3H3. The maximum Gasteiger partial charge on any atom is 0.262 e. The van der Waals surface area contributed by atoms with Gasteiger partial charge < -0.3 is 9.88 Å². The van der Waals surface area contributed by atoms with Crippen LogP contribution in [0.5, 0.6) is 0 Å². The molecule has 1 aromatic rings. The number of rotatable bonds is 6. The van der Waals surface area contributed by atoms with Crippen LogP contribution < -0.4 is 5.32 Å². The summed E-state index contributed by atoms with van der Waals surface area (Å²) >= 11 is 0. The highest BCUT2D eigenvalue weighted by Gasteiger charge is 2.33. The molecule has 1 aliphatic heterocycles. The molecular formula is C14H26N4O2S. The van der Waals surface area contributed by atoms with Crippen molar-refractivity contribution in [3.8, 4) is 0 Å². The van der Waals surface area contributed by atoms with Gasteiger partial charge in [-0.3, -0.25) is 0 Å². The van der Waals surface area contributed by atoms with Crippen LogP contribution in [0.4, 0.5) is 0 Å². The Balaban J connectivity index is 2.12. The van der Waals surface area contributed by atoms with Crippen LogP contribution in [0.15, 0.2) is 17.6 Å². The summed E-state index contributed by atoms with van der Waals surface area (Å²) in [6, 6.07) is 0.334. The maximum absolute atomic E-state index is 12.7. The number of aromatic nitrogens is 2. The van der Waals surface area contributed by atoms with Gasteiger partial charge in [0.1, 0.15) is 0 Å². The molecule has 0 bridgehead atoms. The van der Waals surface area contributed by atoms with Gasteiger partial charge in [0.25, 0.3) is 10.0 Å². The van der Waals surface area contributed by atoms with Gasteiger partial charge in [0.05, 0.1) is 6.33 Å². The van der Waals surface area contributed by atoms with Crippen molar-refractivity contribution in [3.05, 3.63) is 12.5 Å². The summed E-state index contributed by atoms with van der Waals surface area (Å²) in [5, 5.41) is 3.57. The Morgan fingerprint density at radius 1 is 1.48 bits per heavy atom. The predicted octanol–water partition coefficient (Wildman–Crippen LogP) is 1.30. The lowest BCUT2D eigenvalue weighted by molar-refractivity contribution is 0.225. The third kappa shape index (κ3) is 3.64. The van der Waals surface area contributed by atoms with Crippen molar-refractivity contribution in [3.63, 3.8) is 0 Å². The van der Waals surface area contributed by atoms with Gasteiger partial charge in [0.15, 0.2) is 5.03 Å². The number of hydrogen-bond donors (Lipinski definition) is 1. The first-order valence-corrected chi connectivity index (χ1v) is 9.18. The predicted molar refractivity (Wildman–Crippen MR) is 82.5 cm³/mol. The number of sulfonamides is 1. The van der Waals surface area contributed by atoms with Crippen molar-refractivity contribution in [2.45, 2.75) is 51.2 Å². The topological polar surface area (TPSA) is 67.2 Å². The molecule has 21 heavy (non-hydrogen) atoms. The highest BCUT2D eigenvalue weighted by molar-refractivity contribution is 7.89. The molecule has 1 aliphatic rings. The van der Waals surface area contributed by atoms with Crippen LogP contribution in [0.25, 0.3) is 0 Å². The minimum atomic E-state index is -3.46. The quantitative estimate of drug-likeness (QED) is 0.859. The van der Waals surface area contributed by atoms with Crippen molar-refractivity contribution >= 4 is 10.0 Å². The van der Waals surface area contributed by atoms with Crippen LogP contribution in [0.3, 0.4) is 0 Å². The molecule has 0 saturated carbocycles. The molecule has 0 spiro atoms. The van der Waals surface area contributed by atoms with E-state index in [4.69, 9.17) is 0 Å². The van der Waals surface area contributed by atoms with Crippen LogP contribution in [-0.4, -0.2) is 48.0 Å². The second-order valence-corrected chi connectivity index (χ2v) is 7.54. The number of piperidine rings is 1. The lowest BCUT2D eigenvalue weighted by atomic mass is 9.93. The Morgan fingerprint density at radius 3 is 2.86 bits per heavy atom. The summed E-state index contributed by atoms with van der Waals surface area (Å²) in [4.78, 5) is 4.06. The fraction of sp³-hybridized carbons (Fsp3) is 0.786. The smallest absolute Gasteiger partial charge is 0.262 e. The molecule has 1 N–H and O–H groups in total. The number of aryl methyl sites for hydroxylation is 1. The number of imidazole rings is 1. The van der Waals surface area contributed by atoms with E-state index in [0.29, 0.717) is 25.0 Å². The van der Waals surface area contributed by atoms with Crippen molar-refractivity contribution in [2.24, 2.45) is 5.92 Å². The fourth-order valence-corrected chi connectivity index (χ4v) is 4.34. The summed E-state index contributed by atoms with van der Waals surface area (Å²) in [7, 11) is -3.46. The minimum Gasteiger partial charge on any atom is -0.336 e. The van der Waals surface area contributed by atoms with E-state index in [9.17, 15) is 8.42 Å². The zero-order chi connectivity index (χ0) is 15.5. The SMILES string of the molecule is CCNC(C)C1CCCN(S(=O)(=O)c2cn(CC)cn2)C1. The Hall–Kier alpha value is -0.920. The molecule has 1 aromatic heterocycles. The first-order valence-electron chi connectivity index (χ1n) is 7.74. The van der Waals surface area contributed by atoms with Crippen LogP contribution >= 0.6 is 0 Å². The molecule has 0 aromatic carbocycles. The third-order valence-electron chi connectivity index (χ3n) is 4.23. The monoisotopic (exact) mass is 314 g/mol. The first-order chi connectivity index (χ1) is 9.98. The molecule has 2 heterocycles. The van der Waals surface area contributed by atoms with Crippen molar-refractivity contribution < 1.29 is 8.42 Å². The van der Waals surface area contributed by atoms with E-state index >= 15 is 0 Å². The van der Waals surface area contributed by atoms with E-state index in [1.807, 2.05) is 6.92 Å². The molecule has 0 aliphatic carbocycles. The van der Waals surface area contributed by atoms with Gasteiger partial charge in [-0.25, -0.2) is 13.4 Å². The van der Waals surface area contributed by atoms with Crippen molar-refractivity contribution in [2.75, 3.05) is 19.6 Å². The lowest BCUT2D eigenvalue weighted by Crippen LogP contribution is -2.46. The highest BCUT2D eigenvalue weighted by atomic mass is 32.2. The van der Waals surface area contributed by atoms with Crippen molar-refractivity contribution in [1.82, 2.24) is 19.2 Å². The zero-order valence-electron chi connectivity index (χ0n) is 13.1. The summed E-state index contributed by atoms with van der Waals surface area (Å²) in [6.07, 6.45) is 5.18. The second-order valence-electron chi connectivity index (χ2n) is 5.65. The molecule has 1 saturated heterocycles. The van der Waals surface area contributed by atoms with Crippen LogP contribution in [-0.2, 0) is 16.6 Å². The summed E-state index contributed by atoms with van der Waals surface area (Å²) < 4.78 is 28.7. The molecule has 6 nitrogen and oxygen atoms in total. The number of nitrogens with one attached hydrogen (secondary N) is 1. The van der Waals surface area contributed by atoms with Crippen molar-refractivity contribution in [1.29, 1.82) is 0 Å². The zero-order valence-corrected chi connectivity index (χ0v) is 13.9. The van der Waals surface area contributed by atoms with E-state index < -0.39 is 10.0 Å². The fourth-order valence-electron chi connectivity index (χ4n) is 2.87. The number of hydrogen-bond acceptors (Lipinski definition) is 4. The van der Waals surface area contributed by atoms with Gasteiger partial charge in [0, 0.05) is 31.9 Å². The molecule has 0 radical (unpaired) electrons. The second kappa shape index (κ2) is 6.89. The Morgan fingerprint density at radius 2 is 2.24 bits per heavy atom. The summed E-state index contributed by atoms with van der Waals surface area (Å²) in [6.45, 7) is 8.98. The van der Waals surface area contributed by atoms with Gasteiger partial charge in [-0.2, -0.15) is 4.31 Å². The van der Waals surface area contributed by atoms with Gasteiger partial charge in [-0.05, 0) is 39.2 Å². The highest BCUT2D eigenvalue weighted by Crippen LogP contribution is 2.24. The van der Waals surface area contributed by atoms with E-state index in [0.717, 1.165) is 25.9 Å². The van der Waals surface area contributed by atoms with Gasteiger partial charge in [-0.15, -0.1) is 0 Å². The Kier molecular flexibility index (Phi) is 5.40. The lowest BCUT2D eigenvalue weighted by Gasteiger charge is -2.34. The molecule has 2 unspecified atom stereocenters. The minimum absolute atomic E-state index is 0.168. The van der Waals surface area contributed by atoms with E-state index in [1.54, 1.807) is 21.4 Å². The Labute approximate surface area is 127 Å². The molecule has 7 heteroatoms. The molecule has 2 atom stereocenters. The molecule has 0 amide bonds. The Bertz CT molecular complexity index is 555. The molecule has 120 valence electrons. The molecular weight excluding hydrogens is 288 g/mol. The van der Waals surface area contributed by atoms with Crippen LogP contribution in [0.2, 0.25) is 0 Å². The maximum atomic E-state index is 12.7. The van der Waals surface area contributed by atoms with E-state index in [-0.39, 0.29) is 5.03 Å². The number of nitrogens with zero attached hydrogens (tertiary/aromatic N) is 3. The van der Waals surface area contributed by atoms with Gasteiger partial charge in [-0.1, -0.05) is 6.92 Å². The van der Waals surface area contributed by atoms with E-state index in [1.165, 1.54) is 0 Å². The van der Waals surface area contributed by atoms with E-state index in [2.05, 4.69) is 24.1 Å². The van der Waals surface area contributed by atoms with Gasteiger partial charge in [0.2, 0.25) is 0 Å². The first kappa shape index (κ1) is 16.5. The third-order valence-corrected chi connectivity index (χ3v) is 5.98. The van der Waals surface area contributed by atoms with Gasteiger partial charge >= 0.3 is 0 Å². The molecule has 1 fully saturated rings. The summed E-state index contributed by atoms with van der Waals surface area (Å²) in [5.41, 5.74) is 0. The average Bonchev–Trinajstić information content (AvgIpc) is 2.97. The average molecular weight is 314 g/mol. The largest absolute Gasteiger partial charge is 0.336 e. The van der Waals surface area contributed by atoms with Crippen LogP contribution in [0, 0.1) is 5.92 Å². The van der Waals surface area contributed by atoms with Crippen LogP contribution in [0.1, 0.15) is 33.6 Å².